The highest BCUT2D eigenvalue weighted by molar-refractivity contribution is 5.68. The van der Waals surface area contributed by atoms with Crippen LogP contribution in [0.4, 0.5) is 17.1 Å². The van der Waals surface area contributed by atoms with E-state index in [2.05, 4.69) is 10.2 Å². The molecule has 102 valence electrons. The molecule has 0 saturated heterocycles. The van der Waals surface area contributed by atoms with Gasteiger partial charge in [0.1, 0.15) is 5.69 Å². The van der Waals surface area contributed by atoms with E-state index in [1.165, 1.54) is 0 Å². The van der Waals surface area contributed by atoms with Gasteiger partial charge in [0, 0.05) is 6.42 Å². The summed E-state index contributed by atoms with van der Waals surface area (Å²) in [5.41, 5.74) is 8.53. The lowest BCUT2D eigenvalue weighted by Gasteiger charge is -2.03. The fourth-order valence-corrected chi connectivity index (χ4v) is 1.69. The first-order chi connectivity index (χ1) is 9.65. The number of aliphatic carboxylic acids is 1. The Morgan fingerprint density at radius 2 is 1.85 bits per heavy atom. The lowest BCUT2D eigenvalue weighted by atomic mass is 10.1. The molecule has 0 fully saturated rings. The van der Waals surface area contributed by atoms with Gasteiger partial charge in [-0.25, -0.2) is 0 Å². The molecule has 3 N–H and O–H groups in total. The minimum atomic E-state index is -0.825. The molecule has 0 radical (unpaired) electrons. The summed E-state index contributed by atoms with van der Waals surface area (Å²) >= 11 is 0. The van der Waals surface area contributed by atoms with E-state index >= 15 is 0 Å². The Hall–Kier alpha value is -2.69. The number of nitrogens with zero attached hydrogens (tertiary/aromatic N) is 2. The van der Waals surface area contributed by atoms with Gasteiger partial charge in [0.25, 0.3) is 0 Å². The second kappa shape index (κ2) is 6.47. The molecule has 0 spiro atoms. The van der Waals surface area contributed by atoms with Gasteiger partial charge in [0.05, 0.1) is 11.4 Å². The average Bonchev–Trinajstić information content (AvgIpc) is 2.46. The highest BCUT2D eigenvalue weighted by Crippen LogP contribution is 2.26. The summed E-state index contributed by atoms with van der Waals surface area (Å²) in [6.45, 7) is 0. The molecule has 0 aromatic heterocycles. The van der Waals surface area contributed by atoms with Crippen LogP contribution in [0.2, 0.25) is 0 Å². The number of azo groups is 1. The Balaban J connectivity index is 2.16. The third kappa shape index (κ3) is 3.91. The van der Waals surface area contributed by atoms with Crippen LogP contribution in [0.1, 0.15) is 12.0 Å². The maximum Gasteiger partial charge on any atom is 0.303 e. The van der Waals surface area contributed by atoms with E-state index in [9.17, 15) is 4.79 Å². The number of hydrogen-bond donors (Lipinski definition) is 2. The average molecular weight is 269 g/mol. The predicted octanol–water partition coefficient (Wildman–Crippen LogP) is 3.70. The smallest absolute Gasteiger partial charge is 0.303 e. The number of aryl methyl sites for hydroxylation is 1. The summed E-state index contributed by atoms with van der Waals surface area (Å²) in [7, 11) is 0. The molecule has 0 heterocycles. The van der Waals surface area contributed by atoms with E-state index in [1.54, 1.807) is 18.2 Å². The van der Waals surface area contributed by atoms with Crippen molar-refractivity contribution in [3.05, 3.63) is 54.1 Å². The van der Waals surface area contributed by atoms with Crippen LogP contribution in [0.15, 0.2) is 58.8 Å². The quantitative estimate of drug-likeness (QED) is 0.640. The first kappa shape index (κ1) is 13.7. The van der Waals surface area contributed by atoms with Crippen LogP contribution in [0, 0.1) is 0 Å². The number of anilines is 1. The van der Waals surface area contributed by atoms with Crippen LogP contribution in [0.5, 0.6) is 0 Å². The first-order valence-electron chi connectivity index (χ1n) is 6.22. The van der Waals surface area contributed by atoms with E-state index in [4.69, 9.17) is 10.8 Å². The SMILES string of the molecule is Nc1ccc(CCC(=O)O)cc1N=Nc1ccccc1. The van der Waals surface area contributed by atoms with Gasteiger partial charge in [0.2, 0.25) is 0 Å². The zero-order valence-electron chi connectivity index (χ0n) is 10.9. The lowest BCUT2D eigenvalue weighted by molar-refractivity contribution is -0.136. The van der Waals surface area contributed by atoms with Crippen molar-refractivity contribution in [2.75, 3.05) is 5.73 Å². The Labute approximate surface area is 116 Å². The summed E-state index contributed by atoms with van der Waals surface area (Å²) < 4.78 is 0. The van der Waals surface area contributed by atoms with Crippen molar-refractivity contribution in [2.45, 2.75) is 12.8 Å². The van der Waals surface area contributed by atoms with Crippen LogP contribution in [-0.4, -0.2) is 11.1 Å². The van der Waals surface area contributed by atoms with Crippen LogP contribution >= 0.6 is 0 Å². The number of nitrogen functional groups attached to an aromatic ring is 1. The summed E-state index contributed by atoms with van der Waals surface area (Å²) in [4.78, 5) is 10.6. The molecule has 2 rings (SSSR count). The predicted molar refractivity (Wildman–Crippen MR) is 77.4 cm³/mol. The van der Waals surface area contributed by atoms with Crippen molar-refractivity contribution in [2.24, 2.45) is 10.2 Å². The van der Waals surface area contributed by atoms with Gasteiger partial charge < -0.3 is 10.8 Å². The van der Waals surface area contributed by atoms with Gasteiger partial charge in [-0.1, -0.05) is 24.3 Å². The van der Waals surface area contributed by atoms with Crippen molar-refractivity contribution >= 4 is 23.0 Å². The molecular weight excluding hydrogens is 254 g/mol. The third-order valence-corrected chi connectivity index (χ3v) is 2.75. The van der Waals surface area contributed by atoms with Gasteiger partial charge in [-0.05, 0) is 36.2 Å². The van der Waals surface area contributed by atoms with Crippen molar-refractivity contribution < 1.29 is 9.90 Å². The van der Waals surface area contributed by atoms with Gasteiger partial charge in [-0.2, -0.15) is 5.11 Å². The highest BCUT2D eigenvalue weighted by Gasteiger charge is 2.03. The Kier molecular flexibility index (Phi) is 4.44. The molecule has 0 amide bonds. The van der Waals surface area contributed by atoms with E-state index in [-0.39, 0.29) is 6.42 Å². The Morgan fingerprint density at radius 1 is 1.10 bits per heavy atom. The maximum atomic E-state index is 10.6. The van der Waals surface area contributed by atoms with Gasteiger partial charge in [-0.15, -0.1) is 5.11 Å². The molecule has 0 atom stereocenters. The fourth-order valence-electron chi connectivity index (χ4n) is 1.69. The molecular formula is C15H15N3O2. The number of carboxylic acid groups (broad SMARTS) is 1. The number of carboxylic acids is 1. The molecule has 0 saturated carbocycles. The van der Waals surface area contributed by atoms with Crippen LogP contribution in [0.3, 0.4) is 0 Å². The van der Waals surface area contributed by atoms with E-state index < -0.39 is 5.97 Å². The molecule has 0 aliphatic carbocycles. The Morgan fingerprint density at radius 3 is 2.55 bits per heavy atom. The minimum absolute atomic E-state index is 0.0825. The van der Waals surface area contributed by atoms with Crippen molar-refractivity contribution in [3.8, 4) is 0 Å². The monoisotopic (exact) mass is 269 g/mol. The number of nitrogens with two attached hydrogens (primary N) is 1. The Bertz CT molecular complexity index is 624. The van der Waals surface area contributed by atoms with E-state index in [1.807, 2.05) is 30.3 Å². The highest BCUT2D eigenvalue weighted by atomic mass is 16.4. The molecule has 5 nitrogen and oxygen atoms in total. The molecule has 0 aliphatic rings. The molecule has 0 aliphatic heterocycles. The largest absolute Gasteiger partial charge is 0.481 e. The van der Waals surface area contributed by atoms with Crippen molar-refractivity contribution in [3.63, 3.8) is 0 Å². The van der Waals surface area contributed by atoms with Gasteiger partial charge in [0.15, 0.2) is 0 Å². The topological polar surface area (TPSA) is 88.0 Å². The zero-order chi connectivity index (χ0) is 14.4. The number of hydrogen-bond acceptors (Lipinski definition) is 4. The van der Waals surface area contributed by atoms with Crippen molar-refractivity contribution in [1.82, 2.24) is 0 Å². The summed E-state index contributed by atoms with van der Waals surface area (Å²) in [6.07, 6.45) is 0.530. The van der Waals surface area contributed by atoms with Crippen LogP contribution in [-0.2, 0) is 11.2 Å². The summed E-state index contributed by atoms with van der Waals surface area (Å²) in [6, 6.07) is 14.6. The molecule has 0 bridgehead atoms. The normalized spacial score (nSPS) is 10.8. The lowest BCUT2D eigenvalue weighted by Crippen LogP contribution is -1.97. The molecule has 20 heavy (non-hydrogen) atoms. The zero-order valence-corrected chi connectivity index (χ0v) is 10.9. The molecule has 2 aromatic rings. The number of carbonyl (C=O) groups is 1. The number of rotatable bonds is 5. The summed E-state index contributed by atoms with van der Waals surface area (Å²) in [5, 5.41) is 16.9. The standard InChI is InChI=1S/C15H15N3O2/c16-13-8-6-11(7-9-15(19)20)10-14(13)18-17-12-4-2-1-3-5-12/h1-6,8,10H,7,9,16H2,(H,19,20). The molecule has 2 aromatic carbocycles. The molecule has 0 unspecified atom stereocenters. The third-order valence-electron chi connectivity index (χ3n) is 2.75. The van der Waals surface area contributed by atoms with E-state index in [0.717, 1.165) is 11.3 Å². The van der Waals surface area contributed by atoms with Gasteiger partial charge >= 0.3 is 5.97 Å². The summed E-state index contributed by atoms with van der Waals surface area (Å²) in [5.74, 6) is -0.825. The second-order valence-corrected chi connectivity index (χ2v) is 4.32. The number of benzene rings is 2. The minimum Gasteiger partial charge on any atom is -0.481 e. The van der Waals surface area contributed by atoms with Crippen LogP contribution < -0.4 is 5.73 Å². The van der Waals surface area contributed by atoms with Crippen molar-refractivity contribution in [1.29, 1.82) is 0 Å². The first-order valence-corrected chi connectivity index (χ1v) is 6.22. The second-order valence-electron chi connectivity index (χ2n) is 4.32. The fraction of sp³-hybridized carbons (Fsp3) is 0.133. The van der Waals surface area contributed by atoms with E-state index in [0.29, 0.717) is 17.8 Å². The van der Waals surface area contributed by atoms with Gasteiger partial charge in [-0.3, -0.25) is 4.79 Å². The van der Waals surface area contributed by atoms with Crippen LogP contribution in [0.25, 0.3) is 0 Å². The molecule has 5 heteroatoms. The maximum absolute atomic E-state index is 10.6.